The first-order valence-corrected chi connectivity index (χ1v) is 9.99. The Kier molecular flexibility index (Phi) is 5.32. The molecule has 0 amide bonds. The molecule has 2 unspecified atom stereocenters. The number of aromatic amines is 1. The Hall–Kier alpha value is -1.73. The van der Waals surface area contributed by atoms with Crippen LogP contribution in [-0.4, -0.2) is 28.1 Å². The SMILES string of the molecule is CC1c2[nH]c3ccc(Cl)cc3c2CCN1CC(O)c1ccc(C(F)(F)F)c(Cl)c1. The van der Waals surface area contributed by atoms with Gasteiger partial charge in [-0.15, -0.1) is 0 Å². The lowest BCUT2D eigenvalue weighted by Crippen LogP contribution is -2.36. The van der Waals surface area contributed by atoms with Crippen LogP contribution < -0.4 is 0 Å². The first-order valence-electron chi connectivity index (χ1n) is 9.24. The van der Waals surface area contributed by atoms with Crippen molar-refractivity contribution >= 4 is 34.1 Å². The number of aliphatic hydroxyl groups is 1. The molecule has 2 aromatic carbocycles. The highest BCUT2D eigenvalue weighted by atomic mass is 35.5. The van der Waals surface area contributed by atoms with Crippen molar-refractivity contribution < 1.29 is 18.3 Å². The Balaban J connectivity index is 1.55. The summed E-state index contributed by atoms with van der Waals surface area (Å²) in [6, 6.07) is 9.15. The molecule has 3 aromatic rings. The number of H-pyrrole nitrogens is 1. The Morgan fingerprint density at radius 3 is 2.66 bits per heavy atom. The molecule has 0 saturated heterocycles. The second kappa shape index (κ2) is 7.51. The molecule has 4 rings (SSSR count). The average Bonchev–Trinajstić information content (AvgIpc) is 3.01. The summed E-state index contributed by atoms with van der Waals surface area (Å²) in [6.07, 6.45) is -4.67. The first kappa shape index (κ1) is 20.5. The highest BCUT2D eigenvalue weighted by Gasteiger charge is 2.34. The second-order valence-corrected chi connectivity index (χ2v) is 8.22. The van der Waals surface area contributed by atoms with E-state index >= 15 is 0 Å². The zero-order valence-electron chi connectivity index (χ0n) is 15.5. The first-order chi connectivity index (χ1) is 13.6. The summed E-state index contributed by atoms with van der Waals surface area (Å²) in [5, 5.41) is 12.0. The predicted octanol–water partition coefficient (Wildman–Crippen LogP) is 6.15. The number of nitrogens with zero attached hydrogens (tertiary/aromatic N) is 1. The van der Waals surface area contributed by atoms with Gasteiger partial charge < -0.3 is 10.1 Å². The van der Waals surface area contributed by atoms with Gasteiger partial charge in [0.25, 0.3) is 0 Å². The summed E-state index contributed by atoms with van der Waals surface area (Å²) in [6.45, 7) is 3.05. The quantitative estimate of drug-likeness (QED) is 0.510. The Bertz CT molecular complexity index is 1060. The van der Waals surface area contributed by atoms with E-state index in [0.29, 0.717) is 17.1 Å². The second-order valence-electron chi connectivity index (χ2n) is 7.38. The maximum atomic E-state index is 12.9. The molecule has 29 heavy (non-hydrogen) atoms. The van der Waals surface area contributed by atoms with E-state index in [9.17, 15) is 18.3 Å². The molecule has 154 valence electrons. The number of nitrogens with one attached hydrogen (secondary N) is 1. The van der Waals surface area contributed by atoms with Crippen LogP contribution in [0.25, 0.3) is 10.9 Å². The molecule has 0 fully saturated rings. The van der Waals surface area contributed by atoms with Crippen molar-refractivity contribution in [3.05, 3.63) is 68.8 Å². The lowest BCUT2D eigenvalue weighted by Gasteiger charge is -2.35. The van der Waals surface area contributed by atoms with Gasteiger partial charge in [0.05, 0.1) is 16.7 Å². The molecular weight excluding hydrogens is 424 g/mol. The number of β-amino-alcohol motifs (C(OH)–C–C–N with tert-alkyl or cyclic N) is 1. The van der Waals surface area contributed by atoms with E-state index in [1.54, 1.807) is 0 Å². The van der Waals surface area contributed by atoms with Crippen LogP contribution in [0.1, 0.15) is 41.5 Å². The van der Waals surface area contributed by atoms with Crippen LogP contribution >= 0.6 is 23.2 Å². The molecule has 1 aliphatic rings. The van der Waals surface area contributed by atoms with Crippen molar-refractivity contribution in [3.8, 4) is 0 Å². The van der Waals surface area contributed by atoms with Crippen LogP contribution in [-0.2, 0) is 12.6 Å². The van der Waals surface area contributed by atoms with Gasteiger partial charge in [0.15, 0.2) is 0 Å². The third-order valence-corrected chi connectivity index (χ3v) is 6.15. The van der Waals surface area contributed by atoms with Crippen molar-refractivity contribution in [3.63, 3.8) is 0 Å². The topological polar surface area (TPSA) is 39.3 Å². The summed E-state index contributed by atoms with van der Waals surface area (Å²) < 4.78 is 38.7. The molecule has 2 heterocycles. The molecule has 1 aliphatic heterocycles. The fourth-order valence-electron chi connectivity index (χ4n) is 4.04. The average molecular weight is 443 g/mol. The summed E-state index contributed by atoms with van der Waals surface area (Å²) in [5.41, 5.74) is 2.78. The van der Waals surface area contributed by atoms with E-state index in [1.807, 2.05) is 25.1 Å². The highest BCUT2D eigenvalue weighted by molar-refractivity contribution is 6.31. The van der Waals surface area contributed by atoms with Crippen molar-refractivity contribution in [2.75, 3.05) is 13.1 Å². The predicted molar refractivity (Wildman–Crippen MR) is 108 cm³/mol. The van der Waals surface area contributed by atoms with Crippen LogP contribution in [0, 0.1) is 0 Å². The lowest BCUT2D eigenvalue weighted by atomic mass is 9.97. The molecule has 1 aromatic heterocycles. The minimum Gasteiger partial charge on any atom is -0.387 e. The van der Waals surface area contributed by atoms with Crippen LogP contribution in [0.5, 0.6) is 0 Å². The molecule has 2 atom stereocenters. The number of rotatable bonds is 3. The summed E-state index contributed by atoms with van der Waals surface area (Å²) >= 11 is 11.9. The Morgan fingerprint density at radius 1 is 1.21 bits per heavy atom. The maximum Gasteiger partial charge on any atom is 0.417 e. The van der Waals surface area contributed by atoms with Crippen LogP contribution in [0.2, 0.25) is 10.0 Å². The van der Waals surface area contributed by atoms with E-state index in [2.05, 4.69) is 9.88 Å². The van der Waals surface area contributed by atoms with Gasteiger partial charge in [0.2, 0.25) is 0 Å². The Labute approximate surface area is 176 Å². The number of aliphatic hydroxyl groups excluding tert-OH is 1. The number of aromatic nitrogens is 1. The highest BCUT2D eigenvalue weighted by Crippen LogP contribution is 2.38. The molecule has 0 bridgehead atoms. The van der Waals surface area contributed by atoms with E-state index in [4.69, 9.17) is 23.2 Å². The van der Waals surface area contributed by atoms with Gasteiger partial charge in [0, 0.05) is 40.8 Å². The molecule has 2 N–H and O–H groups in total. The summed E-state index contributed by atoms with van der Waals surface area (Å²) in [7, 11) is 0. The monoisotopic (exact) mass is 442 g/mol. The van der Waals surface area contributed by atoms with Gasteiger partial charge in [-0.05, 0) is 54.8 Å². The lowest BCUT2D eigenvalue weighted by molar-refractivity contribution is -0.137. The van der Waals surface area contributed by atoms with Crippen molar-refractivity contribution in [1.29, 1.82) is 0 Å². The molecule has 0 saturated carbocycles. The summed E-state index contributed by atoms with van der Waals surface area (Å²) in [5.74, 6) is 0. The number of hydrogen-bond acceptors (Lipinski definition) is 2. The summed E-state index contributed by atoms with van der Waals surface area (Å²) in [4.78, 5) is 5.55. The number of halogens is 5. The molecule has 0 spiro atoms. The Morgan fingerprint density at radius 2 is 1.97 bits per heavy atom. The number of hydrogen-bond donors (Lipinski definition) is 2. The van der Waals surface area contributed by atoms with Crippen LogP contribution in [0.4, 0.5) is 13.2 Å². The van der Waals surface area contributed by atoms with Crippen molar-refractivity contribution in [2.45, 2.75) is 31.7 Å². The fourth-order valence-corrected chi connectivity index (χ4v) is 4.51. The van der Waals surface area contributed by atoms with Gasteiger partial charge in [0.1, 0.15) is 0 Å². The molecule has 8 heteroatoms. The minimum atomic E-state index is -4.52. The fraction of sp³-hybridized carbons (Fsp3) is 0.333. The van der Waals surface area contributed by atoms with Crippen molar-refractivity contribution in [2.24, 2.45) is 0 Å². The van der Waals surface area contributed by atoms with Crippen molar-refractivity contribution in [1.82, 2.24) is 9.88 Å². The third-order valence-electron chi connectivity index (χ3n) is 5.61. The number of fused-ring (bicyclic) bond motifs is 3. The molecule has 3 nitrogen and oxygen atoms in total. The van der Waals surface area contributed by atoms with Gasteiger partial charge >= 0.3 is 6.18 Å². The zero-order valence-corrected chi connectivity index (χ0v) is 17.0. The standard InChI is InChI=1S/C21H19Cl2F3N2O/c1-11-20-14(15-9-13(22)3-5-18(15)27-20)6-7-28(11)10-19(29)12-2-4-16(17(23)8-12)21(24,25)26/h2-5,8-9,11,19,27,29H,6-7,10H2,1H3. The number of alkyl halides is 3. The minimum absolute atomic E-state index is 0.0181. The third kappa shape index (κ3) is 3.87. The normalized spacial score (nSPS) is 18.8. The van der Waals surface area contributed by atoms with E-state index in [1.165, 1.54) is 17.7 Å². The smallest absolute Gasteiger partial charge is 0.387 e. The zero-order chi connectivity index (χ0) is 20.9. The van der Waals surface area contributed by atoms with E-state index in [0.717, 1.165) is 35.6 Å². The van der Waals surface area contributed by atoms with Crippen LogP contribution in [0.3, 0.4) is 0 Å². The van der Waals surface area contributed by atoms with Gasteiger partial charge in [-0.3, -0.25) is 4.90 Å². The van der Waals surface area contributed by atoms with E-state index < -0.39 is 22.9 Å². The van der Waals surface area contributed by atoms with Crippen LogP contribution in [0.15, 0.2) is 36.4 Å². The van der Waals surface area contributed by atoms with Gasteiger partial charge in [-0.2, -0.15) is 13.2 Å². The van der Waals surface area contributed by atoms with Gasteiger partial charge in [-0.25, -0.2) is 0 Å². The molecular formula is C21H19Cl2F3N2O. The molecule has 0 aliphatic carbocycles. The van der Waals surface area contributed by atoms with Gasteiger partial charge in [-0.1, -0.05) is 29.3 Å². The number of benzene rings is 2. The largest absolute Gasteiger partial charge is 0.417 e. The molecule has 0 radical (unpaired) electrons. The van der Waals surface area contributed by atoms with E-state index in [-0.39, 0.29) is 6.04 Å². The maximum absolute atomic E-state index is 12.9.